The summed E-state index contributed by atoms with van der Waals surface area (Å²) in [5.41, 5.74) is -0.302. The smallest absolute Gasteiger partial charge is 0.422 e. The first-order chi connectivity index (χ1) is 21.7. The van der Waals surface area contributed by atoms with Gasteiger partial charge in [-0.15, -0.1) is 0 Å². The Morgan fingerprint density at radius 2 is 1.84 bits per heavy atom. The van der Waals surface area contributed by atoms with Crippen LogP contribution in [-0.4, -0.2) is 52.0 Å². The lowest BCUT2D eigenvalue weighted by molar-refractivity contribution is -0.138. The van der Waals surface area contributed by atoms with Gasteiger partial charge in [0.1, 0.15) is 11.3 Å². The number of ether oxygens (including phenoxy) is 1. The molecule has 2 aromatic heterocycles. The Bertz CT molecular complexity index is 1670. The molecule has 45 heavy (non-hydrogen) atoms. The van der Waals surface area contributed by atoms with E-state index in [0.717, 1.165) is 57.1 Å². The number of halogens is 5. The molecule has 12 heteroatoms. The van der Waals surface area contributed by atoms with Gasteiger partial charge in [-0.2, -0.15) is 13.2 Å². The Balaban J connectivity index is 1.46. The van der Waals surface area contributed by atoms with Gasteiger partial charge >= 0.3 is 6.18 Å². The third-order valence-corrected chi connectivity index (χ3v) is 9.32. The summed E-state index contributed by atoms with van der Waals surface area (Å²) in [5, 5.41) is 1.76. The SMILES string of the molecule is CCN1CCC2(CCCN(c3c(/C=C(\F)c4nccc(-c5cnsc5)n4)ccc(Oc4ccccc4F)c3C(F)(F)F)C2)CC1. The van der Waals surface area contributed by atoms with Gasteiger partial charge in [0.15, 0.2) is 23.2 Å². The Hall–Kier alpha value is -3.90. The van der Waals surface area contributed by atoms with Gasteiger partial charge in [0, 0.05) is 35.8 Å². The fourth-order valence-electron chi connectivity index (χ4n) is 6.37. The van der Waals surface area contributed by atoms with E-state index in [4.69, 9.17) is 4.74 Å². The van der Waals surface area contributed by atoms with Gasteiger partial charge in [0.05, 0.1) is 17.6 Å². The summed E-state index contributed by atoms with van der Waals surface area (Å²) in [6, 6.07) is 9.41. The Morgan fingerprint density at radius 1 is 1.04 bits per heavy atom. The quantitative estimate of drug-likeness (QED) is 0.188. The average Bonchev–Trinajstić information content (AvgIpc) is 3.58. The van der Waals surface area contributed by atoms with E-state index < -0.39 is 29.1 Å². The molecule has 0 atom stereocenters. The minimum atomic E-state index is -4.89. The molecule has 0 aliphatic carbocycles. The minimum absolute atomic E-state index is 0.00922. The lowest BCUT2D eigenvalue weighted by Gasteiger charge is -2.49. The fraction of sp³-hybridized carbons (Fsp3) is 0.364. The molecule has 0 amide bonds. The summed E-state index contributed by atoms with van der Waals surface area (Å²) >= 11 is 1.22. The summed E-state index contributed by atoms with van der Waals surface area (Å²) in [6.07, 6.45) is 2.46. The molecule has 6 nitrogen and oxygen atoms in total. The number of nitrogens with zero attached hydrogens (tertiary/aromatic N) is 5. The molecule has 4 aromatic rings. The predicted molar refractivity (Wildman–Crippen MR) is 165 cm³/mol. The van der Waals surface area contributed by atoms with Gasteiger partial charge in [-0.1, -0.05) is 19.1 Å². The van der Waals surface area contributed by atoms with E-state index in [1.807, 2.05) is 0 Å². The van der Waals surface area contributed by atoms with Gasteiger partial charge < -0.3 is 14.5 Å². The monoisotopic (exact) mass is 641 g/mol. The van der Waals surface area contributed by atoms with E-state index in [1.165, 1.54) is 42.0 Å². The Kier molecular flexibility index (Phi) is 8.87. The van der Waals surface area contributed by atoms with Crippen LogP contribution in [0.1, 0.15) is 49.6 Å². The summed E-state index contributed by atoms with van der Waals surface area (Å²) < 4.78 is 85.4. The van der Waals surface area contributed by atoms with E-state index in [0.29, 0.717) is 30.8 Å². The lowest BCUT2D eigenvalue weighted by atomic mass is 9.72. The highest BCUT2D eigenvalue weighted by molar-refractivity contribution is 7.03. The number of para-hydroxylation sites is 1. The van der Waals surface area contributed by atoms with Crippen LogP contribution < -0.4 is 9.64 Å². The van der Waals surface area contributed by atoms with Crippen molar-refractivity contribution >= 4 is 29.1 Å². The zero-order valence-corrected chi connectivity index (χ0v) is 25.5. The maximum atomic E-state index is 15.9. The van der Waals surface area contributed by atoms with Crippen LogP contribution in [0.25, 0.3) is 23.2 Å². The Labute approximate surface area is 262 Å². The number of anilines is 1. The van der Waals surface area contributed by atoms with Crippen molar-refractivity contribution in [1.29, 1.82) is 0 Å². The molecule has 6 rings (SSSR count). The standard InChI is InChI=1S/C33H32F5N5OS/c1-2-42-16-12-32(13-17-42)11-5-15-43(21-32)30-22(18-25(35)31-39-14-10-26(41-31)23-19-40-45-20-23)8-9-28(29(30)33(36,37)38)44-27-7-4-3-6-24(27)34/h3-4,6-10,14,18-20H,2,5,11-13,15-17,21H2,1H3/b25-18-. The zero-order valence-electron chi connectivity index (χ0n) is 24.7. The van der Waals surface area contributed by atoms with Gasteiger partial charge in [-0.25, -0.2) is 23.1 Å². The summed E-state index contributed by atoms with van der Waals surface area (Å²) in [6.45, 7) is 5.52. The molecule has 2 fully saturated rings. The van der Waals surface area contributed by atoms with Crippen molar-refractivity contribution in [3.63, 3.8) is 0 Å². The van der Waals surface area contributed by atoms with Gasteiger partial charge in [-0.05, 0) is 98.7 Å². The normalized spacial score (nSPS) is 17.6. The van der Waals surface area contributed by atoms with Crippen LogP contribution in [0.2, 0.25) is 0 Å². The Morgan fingerprint density at radius 3 is 2.56 bits per heavy atom. The van der Waals surface area contributed by atoms with Crippen LogP contribution in [0.4, 0.5) is 27.6 Å². The number of benzene rings is 2. The lowest BCUT2D eigenvalue weighted by Crippen LogP contribution is -2.50. The van der Waals surface area contributed by atoms with Crippen LogP contribution in [0.3, 0.4) is 0 Å². The molecule has 0 bridgehead atoms. The molecule has 1 spiro atoms. The van der Waals surface area contributed by atoms with Crippen molar-refractivity contribution in [1.82, 2.24) is 19.2 Å². The first-order valence-corrected chi connectivity index (χ1v) is 15.7. The van der Waals surface area contributed by atoms with Crippen LogP contribution in [-0.2, 0) is 6.18 Å². The predicted octanol–water partition coefficient (Wildman–Crippen LogP) is 8.72. The molecule has 2 saturated heterocycles. The zero-order chi connectivity index (χ0) is 31.6. The van der Waals surface area contributed by atoms with E-state index in [2.05, 4.69) is 26.2 Å². The average molecular weight is 642 g/mol. The molecule has 2 aromatic carbocycles. The first kappa shape index (κ1) is 31.1. The van der Waals surface area contributed by atoms with Crippen LogP contribution >= 0.6 is 11.5 Å². The molecule has 2 aliphatic heterocycles. The maximum absolute atomic E-state index is 15.9. The molecule has 0 unspecified atom stereocenters. The molecular weight excluding hydrogens is 609 g/mol. The van der Waals surface area contributed by atoms with Crippen molar-refractivity contribution in [2.45, 2.75) is 38.8 Å². The topological polar surface area (TPSA) is 54.4 Å². The largest absolute Gasteiger partial charge is 0.454 e. The van der Waals surface area contributed by atoms with E-state index in [1.54, 1.807) is 22.5 Å². The number of hydrogen-bond acceptors (Lipinski definition) is 7. The molecular formula is C33H32F5N5OS. The molecule has 236 valence electrons. The third kappa shape index (κ3) is 6.72. The second kappa shape index (κ2) is 12.8. The first-order valence-electron chi connectivity index (χ1n) is 14.9. The minimum Gasteiger partial charge on any atom is -0.454 e. The van der Waals surface area contributed by atoms with Crippen molar-refractivity contribution in [3.05, 3.63) is 83.0 Å². The molecule has 0 radical (unpaired) electrons. The van der Waals surface area contributed by atoms with Crippen molar-refractivity contribution in [2.75, 3.05) is 37.6 Å². The summed E-state index contributed by atoms with van der Waals surface area (Å²) in [5.74, 6) is -2.82. The van der Waals surface area contributed by atoms with Crippen LogP contribution in [0.5, 0.6) is 11.5 Å². The molecule has 0 saturated carbocycles. The number of rotatable bonds is 7. The summed E-state index contributed by atoms with van der Waals surface area (Å²) in [4.78, 5) is 12.4. The number of alkyl halides is 3. The van der Waals surface area contributed by atoms with Gasteiger partial charge in [-0.3, -0.25) is 0 Å². The van der Waals surface area contributed by atoms with Crippen LogP contribution in [0, 0.1) is 11.2 Å². The number of aromatic nitrogens is 3. The molecule has 0 N–H and O–H groups in total. The van der Waals surface area contributed by atoms with Crippen molar-refractivity contribution < 1.29 is 26.7 Å². The van der Waals surface area contributed by atoms with E-state index in [-0.39, 0.29) is 28.2 Å². The van der Waals surface area contributed by atoms with Crippen LogP contribution in [0.15, 0.2) is 60.2 Å². The highest BCUT2D eigenvalue weighted by atomic mass is 32.1. The maximum Gasteiger partial charge on any atom is 0.422 e. The van der Waals surface area contributed by atoms with Crippen molar-refractivity contribution in [2.24, 2.45) is 5.41 Å². The number of likely N-dealkylation sites (tertiary alicyclic amines) is 1. The second-order valence-corrected chi connectivity index (χ2v) is 12.2. The number of hydrogen-bond donors (Lipinski definition) is 0. The number of piperidine rings is 2. The molecule has 4 heterocycles. The highest BCUT2D eigenvalue weighted by Crippen LogP contribution is 2.50. The fourth-order valence-corrected chi connectivity index (χ4v) is 6.90. The van der Waals surface area contributed by atoms with E-state index >= 15 is 17.6 Å². The molecule has 2 aliphatic rings. The highest BCUT2D eigenvalue weighted by Gasteiger charge is 2.44. The van der Waals surface area contributed by atoms with Gasteiger partial charge in [0.2, 0.25) is 0 Å². The summed E-state index contributed by atoms with van der Waals surface area (Å²) in [7, 11) is 0. The van der Waals surface area contributed by atoms with Gasteiger partial charge in [0.25, 0.3) is 0 Å². The van der Waals surface area contributed by atoms with Crippen molar-refractivity contribution in [3.8, 4) is 22.8 Å². The third-order valence-electron chi connectivity index (χ3n) is 8.73. The van der Waals surface area contributed by atoms with E-state index in [9.17, 15) is 4.39 Å². The second-order valence-electron chi connectivity index (χ2n) is 11.5.